The fourth-order valence-corrected chi connectivity index (χ4v) is 3.66. The Morgan fingerprint density at radius 1 is 1.03 bits per heavy atom. The molecule has 0 saturated heterocycles. The van der Waals surface area contributed by atoms with Crippen molar-refractivity contribution in [1.29, 1.82) is 0 Å². The van der Waals surface area contributed by atoms with Crippen molar-refractivity contribution in [3.63, 3.8) is 0 Å². The summed E-state index contributed by atoms with van der Waals surface area (Å²) in [5.41, 5.74) is 3.63. The van der Waals surface area contributed by atoms with Gasteiger partial charge in [0.1, 0.15) is 0 Å². The van der Waals surface area contributed by atoms with E-state index in [0.717, 1.165) is 9.99 Å². The van der Waals surface area contributed by atoms with Crippen molar-refractivity contribution in [1.82, 2.24) is 9.55 Å². The van der Waals surface area contributed by atoms with E-state index in [2.05, 4.69) is 31.5 Å². The van der Waals surface area contributed by atoms with Crippen molar-refractivity contribution in [3.05, 3.63) is 81.3 Å². The van der Waals surface area contributed by atoms with E-state index in [4.69, 9.17) is 16.3 Å². The molecular formula is C23H18BrClN4O3. The van der Waals surface area contributed by atoms with Gasteiger partial charge in [0.2, 0.25) is 5.95 Å². The maximum Gasteiger partial charge on any atom is 0.337 e. The molecule has 0 fully saturated rings. The fraction of sp³-hybridized carbons (Fsp3) is 0.0870. The topological polar surface area (TPSA) is 85.2 Å². The number of ether oxygens (including phenoxy) is 1. The predicted octanol–water partition coefficient (Wildman–Crippen LogP) is 5.77. The van der Waals surface area contributed by atoms with Gasteiger partial charge in [0.05, 0.1) is 34.4 Å². The molecule has 7 nitrogen and oxygen atoms in total. The van der Waals surface area contributed by atoms with Gasteiger partial charge in [0.25, 0.3) is 5.91 Å². The van der Waals surface area contributed by atoms with Gasteiger partial charge in [-0.3, -0.25) is 4.79 Å². The van der Waals surface area contributed by atoms with Crippen molar-refractivity contribution >= 4 is 67.8 Å². The van der Waals surface area contributed by atoms with E-state index in [9.17, 15) is 9.59 Å². The van der Waals surface area contributed by atoms with Crippen LogP contribution in [0.1, 0.15) is 20.7 Å². The molecule has 0 unspecified atom stereocenters. The largest absolute Gasteiger partial charge is 0.465 e. The second kappa shape index (κ2) is 9.02. The standard InChI is InChI=1S/C23H18BrClN4O3/c1-29-20-10-4-13(21(30)26-16-7-5-15(24)6-8-16)12-19(20)28-23(29)27-18-9-3-14(11-17(18)25)22(31)32-2/h3-12H,1-2H3,(H,26,30)(H,27,28). The summed E-state index contributed by atoms with van der Waals surface area (Å²) in [6, 6.07) is 17.5. The number of amides is 1. The lowest BCUT2D eigenvalue weighted by Crippen LogP contribution is -2.11. The molecule has 3 aromatic carbocycles. The van der Waals surface area contributed by atoms with E-state index in [-0.39, 0.29) is 5.91 Å². The summed E-state index contributed by atoms with van der Waals surface area (Å²) in [6.07, 6.45) is 0. The second-order valence-corrected chi connectivity index (χ2v) is 8.29. The summed E-state index contributed by atoms with van der Waals surface area (Å²) in [5, 5.41) is 6.40. The SMILES string of the molecule is COC(=O)c1ccc(Nc2nc3cc(C(=O)Nc4ccc(Br)cc4)ccc3n2C)c(Cl)c1. The number of nitrogens with zero attached hydrogens (tertiary/aromatic N) is 2. The number of hydrogen-bond acceptors (Lipinski definition) is 5. The summed E-state index contributed by atoms with van der Waals surface area (Å²) in [5.74, 6) is -0.149. The Morgan fingerprint density at radius 3 is 2.44 bits per heavy atom. The molecule has 0 bridgehead atoms. The maximum absolute atomic E-state index is 12.7. The Balaban J connectivity index is 1.58. The van der Waals surface area contributed by atoms with Gasteiger partial charge in [-0.25, -0.2) is 9.78 Å². The van der Waals surface area contributed by atoms with Gasteiger partial charge in [0.15, 0.2) is 0 Å². The van der Waals surface area contributed by atoms with E-state index in [1.807, 2.05) is 41.9 Å². The zero-order chi connectivity index (χ0) is 22.8. The van der Waals surface area contributed by atoms with Gasteiger partial charge >= 0.3 is 5.97 Å². The zero-order valence-corrected chi connectivity index (χ0v) is 19.5. The van der Waals surface area contributed by atoms with Crippen LogP contribution < -0.4 is 10.6 Å². The molecule has 0 aliphatic heterocycles. The van der Waals surface area contributed by atoms with Crippen LogP contribution in [0, 0.1) is 0 Å². The average molecular weight is 514 g/mol. The number of benzene rings is 3. The molecule has 4 aromatic rings. The highest BCUT2D eigenvalue weighted by Crippen LogP contribution is 2.28. The first-order chi connectivity index (χ1) is 15.4. The summed E-state index contributed by atoms with van der Waals surface area (Å²) in [6.45, 7) is 0. The molecule has 0 atom stereocenters. The number of hydrogen-bond donors (Lipinski definition) is 2. The first-order valence-corrected chi connectivity index (χ1v) is 10.7. The molecular weight excluding hydrogens is 496 g/mol. The molecule has 2 N–H and O–H groups in total. The Kier molecular flexibility index (Phi) is 6.16. The number of anilines is 3. The zero-order valence-electron chi connectivity index (χ0n) is 17.1. The molecule has 0 aliphatic carbocycles. The van der Waals surface area contributed by atoms with Crippen LogP contribution in [0.15, 0.2) is 65.1 Å². The van der Waals surface area contributed by atoms with Crippen molar-refractivity contribution in [2.75, 3.05) is 17.7 Å². The van der Waals surface area contributed by atoms with E-state index >= 15 is 0 Å². The molecule has 32 heavy (non-hydrogen) atoms. The number of aromatic nitrogens is 2. The van der Waals surface area contributed by atoms with Crippen LogP contribution in [0.5, 0.6) is 0 Å². The van der Waals surface area contributed by atoms with Gasteiger partial charge in [-0.1, -0.05) is 27.5 Å². The van der Waals surface area contributed by atoms with Gasteiger partial charge in [-0.15, -0.1) is 0 Å². The Hall–Kier alpha value is -3.36. The molecule has 1 aromatic heterocycles. The number of nitrogens with one attached hydrogen (secondary N) is 2. The third-order valence-electron chi connectivity index (χ3n) is 4.88. The van der Waals surface area contributed by atoms with Crippen LogP contribution in [0.4, 0.5) is 17.3 Å². The highest BCUT2D eigenvalue weighted by molar-refractivity contribution is 9.10. The number of fused-ring (bicyclic) bond motifs is 1. The number of aryl methyl sites for hydroxylation is 1. The summed E-state index contributed by atoms with van der Waals surface area (Å²) in [7, 11) is 3.17. The van der Waals surface area contributed by atoms with Crippen LogP contribution in [0.3, 0.4) is 0 Å². The number of carbonyl (C=O) groups is 2. The quantitative estimate of drug-likeness (QED) is 0.331. The van der Waals surface area contributed by atoms with Gasteiger partial charge < -0.3 is 19.9 Å². The molecule has 1 heterocycles. The third kappa shape index (κ3) is 4.46. The van der Waals surface area contributed by atoms with Crippen LogP contribution in [0.2, 0.25) is 5.02 Å². The average Bonchev–Trinajstić information content (AvgIpc) is 3.10. The monoisotopic (exact) mass is 512 g/mol. The number of rotatable bonds is 5. The van der Waals surface area contributed by atoms with Gasteiger partial charge in [-0.2, -0.15) is 0 Å². The van der Waals surface area contributed by atoms with Gasteiger partial charge in [-0.05, 0) is 60.7 Å². The van der Waals surface area contributed by atoms with E-state index in [0.29, 0.717) is 39.0 Å². The summed E-state index contributed by atoms with van der Waals surface area (Å²) in [4.78, 5) is 28.9. The number of halogens is 2. The lowest BCUT2D eigenvalue weighted by molar-refractivity contribution is 0.0600. The van der Waals surface area contributed by atoms with Crippen LogP contribution >= 0.6 is 27.5 Å². The van der Waals surface area contributed by atoms with Gasteiger partial charge in [0, 0.05) is 22.8 Å². The summed E-state index contributed by atoms with van der Waals surface area (Å²) >= 11 is 9.70. The normalized spacial score (nSPS) is 10.8. The van der Waals surface area contributed by atoms with Crippen molar-refractivity contribution in [2.24, 2.45) is 7.05 Å². The van der Waals surface area contributed by atoms with Crippen molar-refractivity contribution in [2.45, 2.75) is 0 Å². The van der Waals surface area contributed by atoms with Crippen molar-refractivity contribution < 1.29 is 14.3 Å². The lowest BCUT2D eigenvalue weighted by Gasteiger charge is -2.09. The lowest BCUT2D eigenvalue weighted by atomic mass is 10.2. The minimum Gasteiger partial charge on any atom is -0.465 e. The first kappa shape index (κ1) is 21.9. The Labute approximate surface area is 197 Å². The number of imidazole rings is 1. The van der Waals surface area contributed by atoms with E-state index in [1.54, 1.807) is 24.3 Å². The van der Waals surface area contributed by atoms with Crippen LogP contribution in [-0.2, 0) is 11.8 Å². The molecule has 0 aliphatic rings. The van der Waals surface area contributed by atoms with E-state index < -0.39 is 5.97 Å². The van der Waals surface area contributed by atoms with E-state index in [1.165, 1.54) is 13.2 Å². The molecule has 4 rings (SSSR count). The number of esters is 1. The van der Waals surface area contributed by atoms with Crippen LogP contribution in [0.25, 0.3) is 11.0 Å². The van der Waals surface area contributed by atoms with Crippen molar-refractivity contribution in [3.8, 4) is 0 Å². The molecule has 9 heteroatoms. The Bertz CT molecular complexity index is 1340. The minimum atomic E-state index is -0.463. The maximum atomic E-state index is 12.7. The molecule has 0 saturated carbocycles. The second-order valence-electron chi connectivity index (χ2n) is 6.97. The number of methoxy groups -OCH3 is 1. The predicted molar refractivity (Wildman–Crippen MR) is 129 cm³/mol. The smallest absolute Gasteiger partial charge is 0.337 e. The number of carbonyl (C=O) groups excluding carboxylic acids is 2. The molecule has 1 amide bonds. The third-order valence-corrected chi connectivity index (χ3v) is 5.72. The minimum absolute atomic E-state index is 0.226. The fourth-order valence-electron chi connectivity index (χ4n) is 3.17. The summed E-state index contributed by atoms with van der Waals surface area (Å²) < 4.78 is 7.51. The Morgan fingerprint density at radius 2 is 1.75 bits per heavy atom. The van der Waals surface area contributed by atoms with Crippen LogP contribution in [-0.4, -0.2) is 28.5 Å². The molecule has 0 spiro atoms. The highest BCUT2D eigenvalue weighted by atomic mass is 79.9. The molecule has 162 valence electrons. The first-order valence-electron chi connectivity index (χ1n) is 9.54. The highest BCUT2D eigenvalue weighted by Gasteiger charge is 2.14. The molecule has 0 radical (unpaired) electrons.